The number of rotatable bonds is 5. The lowest BCUT2D eigenvalue weighted by atomic mass is 9.90. The van der Waals surface area contributed by atoms with E-state index < -0.39 is 0 Å². The van der Waals surface area contributed by atoms with Crippen LogP contribution < -0.4 is 5.32 Å². The maximum absolute atomic E-state index is 5.81. The number of alkyl halides is 1. The number of nitrogens with zero attached hydrogens (tertiary/aromatic N) is 4. The van der Waals surface area contributed by atoms with Crippen LogP contribution in [0.2, 0.25) is 0 Å². The zero-order valence-corrected chi connectivity index (χ0v) is 11.7. The van der Waals surface area contributed by atoms with Gasteiger partial charge in [-0.05, 0) is 18.8 Å². The zero-order valence-electron chi connectivity index (χ0n) is 10.9. The summed E-state index contributed by atoms with van der Waals surface area (Å²) in [5, 5.41) is 7.56. The van der Waals surface area contributed by atoms with Gasteiger partial charge in [0.25, 0.3) is 5.78 Å². The van der Waals surface area contributed by atoms with Gasteiger partial charge < -0.3 is 5.32 Å². The first-order valence-electron chi connectivity index (χ1n) is 5.99. The molecule has 0 aliphatic carbocycles. The van der Waals surface area contributed by atoms with Crippen LogP contribution in [0.15, 0.2) is 12.4 Å². The van der Waals surface area contributed by atoms with Crippen LogP contribution in [0.1, 0.15) is 26.0 Å². The number of aromatic nitrogens is 4. The Hall–Kier alpha value is -1.36. The third-order valence-electron chi connectivity index (χ3n) is 2.90. The highest BCUT2D eigenvalue weighted by molar-refractivity contribution is 6.17. The largest absolute Gasteiger partial charge is 0.369 e. The van der Waals surface area contributed by atoms with Gasteiger partial charge >= 0.3 is 0 Å². The zero-order chi connectivity index (χ0) is 13.2. The van der Waals surface area contributed by atoms with Crippen LogP contribution in [0, 0.1) is 12.3 Å². The van der Waals surface area contributed by atoms with Crippen molar-refractivity contribution in [1.82, 2.24) is 19.6 Å². The molecule has 1 N–H and O–H groups in total. The van der Waals surface area contributed by atoms with Gasteiger partial charge in [0.15, 0.2) is 0 Å². The third kappa shape index (κ3) is 2.90. The van der Waals surface area contributed by atoms with E-state index in [9.17, 15) is 0 Å². The lowest BCUT2D eigenvalue weighted by molar-refractivity contribution is 0.378. The van der Waals surface area contributed by atoms with Gasteiger partial charge in [0, 0.05) is 24.2 Å². The van der Waals surface area contributed by atoms with Gasteiger partial charge in [-0.1, -0.05) is 13.8 Å². The van der Waals surface area contributed by atoms with Crippen LogP contribution in [0.5, 0.6) is 0 Å². The average molecular weight is 268 g/mol. The molecule has 0 aliphatic heterocycles. The maximum atomic E-state index is 5.81. The van der Waals surface area contributed by atoms with E-state index in [1.807, 2.05) is 13.0 Å². The third-order valence-corrected chi connectivity index (χ3v) is 3.09. The van der Waals surface area contributed by atoms with E-state index in [1.54, 1.807) is 4.52 Å². The first-order chi connectivity index (χ1) is 8.52. The smallest absolute Gasteiger partial charge is 0.254 e. The summed E-state index contributed by atoms with van der Waals surface area (Å²) in [5.41, 5.74) is 1.07. The van der Waals surface area contributed by atoms with Crippen LogP contribution in [-0.2, 0) is 0 Å². The first-order valence-corrected chi connectivity index (χ1v) is 6.52. The van der Waals surface area contributed by atoms with Crippen molar-refractivity contribution in [2.45, 2.75) is 27.2 Å². The molecule has 0 amide bonds. The van der Waals surface area contributed by atoms with Gasteiger partial charge in [0.2, 0.25) is 0 Å². The van der Waals surface area contributed by atoms with Gasteiger partial charge in [-0.3, -0.25) is 0 Å². The molecular formula is C12H18ClN5. The van der Waals surface area contributed by atoms with Crippen LogP contribution >= 0.6 is 11.6 Å². The molecule has 0 fully saturated rings. The van der Waals surface area contributed by atoms with Crippen molar-refractivity contribution in [3.63, 3.8) is 0 Å². The van der Waals surface area contributed by atoms with Crippen molar-refractivity contribution in [2.75, 3.05) is 17.7 Å². The molecule has 0 spiro atoms. The minimum Gasteiger partial charge on any atom is -0.369 e. The minimum atomic E-state index is 0.145. The predicted octanol–water partition coefficient (Wildman–Crippen LogP) is 2.50. The van der Waals surface area contributed by atoms with Crippen molar-refractivity contribution in [2.24, 2.45) is 5.41 Å². The fourth-order valence-corrected chi connectivity index (χ4v) is 2.24. The van der Waals surface area contributed by atoms with Gasteiger partial charge in [-0.15, -0.1) is 11.6 Å². The van der Waals surface area contributed by atoms with Crippen LogP contribution in [0.4, 0.5) is 5.82 Å². The molecule has 0 unspecified atom stereocenters. The fourth-order valence-electron chi connectivity index (χ4n) is 1.73. The normalized spacial score (nSPS) is 12.0. The van der Waals surface area contributed by atoms with Gasteiger partial charge in [0.1, 0.15) is 12.1 Å². The molecular weight excluding hydrogens is 250 g/mol. The van der Waals surface area contributed by atoms with Crippen molar-refractivity contribution in [1.29, 1.82) is 0 Å². The van der Waals surface area contributed by atoms with Crippen molar-refractivity contribution in [3.8, 4) is 0 Å². The van der Waals surface area contributed by atoms with Crippen LogP contribution in [0.25, 0.3) is 5.78 Å². The van der Waals surface area contributed by atoms with E-state index in [-0.39, 0.29) is 5.41 Å². The summed E-state index contributed by atoms with van der Waals surface area (Å²) < 4.78 is 1.71. The van der Waals surface area contributed by atoms with Gasteiger partial charge in [-0.2, -0.15) is 14.6 Å². The summed E-state index contributed by atoms with van der Waals surface area (Å²) in [6.45, 7) is 7.16. The van der Waals surface area contributed by atoms with E-state index >= 15 is 0 Å². The molecule has 2 heterocycles. The van der Waals surface area contributed by atoms with Crippen LogP contribution in [0.3, 0.4) is 0 Å². The molecule has 0 saturated heterocycles. The maximum Gasteiger partial charge on any atom is 0.254 e. The van der Waals surface area contributed by atoms with Crippen molar-refractivity contribution in [3.05, 3.63) is 18.1 Å². The number of nitrogens with one attached hydrogen (secondary N) is 1. The Labute approximate surface area is 112 Å². The quantitative estimate of drug-likeness (QED) is 0.846. The SMILES string of the molecule is Cc1cc(NCC(C)(C)CCCl)n2ncnc2n1. The Balaban J connectivity index is 2.19. The number of anilines is 1. The molecule has 0 aliphatic rings. The lowest BCUT2D eigenvalue weighted by Crippen LogP contribution is -2.24. The molecule has 0 bridgehead atoms. The standard InChI is InChI=1S/C12H18ClN5/c1-9-6-10(14-7-12(2,3)4-5-13)18-11(17-9)15-8-16-18/h6,8,14H,4-5,7H2,1-3H3. The second-order valence-corrected chi connectivity index (χ2v) is 5.59. The molecule has 0 atom stereocenters. The summed E-state index contributed by atoms with van der Waals surface area (Å²) in [4.78, 5) is 8.41. The highest BCUT2D eigenvalue weighted by atomic mass is 35.5. The highest BCUT2D eigenvalue weighted by Crippen LogP contribution is 2.22. The Bertz CT molecular complexity index is 534. The molecule has 0 aromatic carbocycles. The summed E-state index contributed by atoms with van der Waals surface area (Å²) in [6.07, 6.45) is 2.48. The summed E-state index contributed by atoms with van der Waals surface area (Å²) in [7, 11) is 0. The van der Waals surface area contributed by atoms with Crippen molar-refractivity contribution < 1.29 is 0 Å². The highest BCUT2D eigenvalue weighted by Gasteiger charge is 2.17. The van der Waals surface area contributed by atoms with E-state index in [4.69, 9.17) is 11.6 Å². The Morgan fingerprint density at radius 1 is 1.44 bits per heavy atom. The molecule has 0 radical (unpaired) electrons. The Morgan fingerprint density at radius 2 is 2.22 bits per heavy atom. The topological polar surface area (TPSA) is 55.1 Å². The molecule has 6 heteroatoms. The molecule has 2 aromatic rings. The first kappa shape index (κ1) is 13.1. The predicted molar refractivity (Wildman–Crippen MR) is 73.1 cm³/mol. The van der Waals surface area contributed by atoms with Gasteiger partial charge in [-0.25, -0.2) is 4.98 Å². The molecule has 0 saturated carbocycles. The molecule has 2 rings (SSSR count). The van der Waals surface area contributed by atoms with Crippen LogP contribution in [-0.4, -0.2) is 32.0 Å². The minimum absolute atomic E-state index is 0.145. The number of halogens is 1. The van der Waals surface area contributed by atoms with Gasteiger partial charge in [0.05, 0.1) is 0 Å². The number of aryl methyl sites for hydroxylation is 1. The monoisotopic (exact) mass is 267 g/mol. The fraction of sp³-hybridized carbons (Fsp3) is 0.583. The second kappa shape index (κ2) is 5.10. The van der Waals surface area contributed by atoms with E-state index in [0.29, 0.717) is 11.7 Å². The molecule has 98 valence electrons. The molecule has 2 aromatic heterocycles. The van der Waals surface area contributed by atoms with E-state index in [1.165, 1.54) is 6.33 Å². The summed E-state index contributed by atoms with van der Waals surface area (Å²) in [5.74, 6) is 2.20. The van der Waals surface area contributed by atoms with Crippen molar-refractivity contribution >= 4 is 23.2 Å². The molecule has 18 heavy (non-hydrogen) atoms. The number of hydrogen-bond donors (Lipinski definition) is 1. The average Bonchev–Trinajstić information content (AvgIpc) is 2.73. The summed E-state index contributed by atoms with van der Waals surface area (Å²) in [6, 6.07) is 1.97. The molecule has 5 nitrogen and oxygen atoms in total. The number of fused-ring (bicyclic) bond motifs is 1. The Kier molecular flexibility index (Phi) is 3.71. The summed E-state index contributed by atoms with van der Waals surface area (Å²) >= 11 is 5.81. The number of hydrogen-bond acceptors (Lipinski definition) is 4. The Morgan fingerprint density at radius 3 is 2.94 bits per heavy atom. The van der Waals surface area contributed by atoms with E-state index in [2.05, 4.69) is 34.2 Å². The lowest BCUT2D eigenvalue weighted by Gasteiger charge is -2.24. The van der Waals surface area contributed by atoms with E-state index in [0.717, 1.165) is 24.5 Å². The second-order valence-electron chi connectivity index (χ2n) is 5.21.